The van der Waals surface area contributed by atoms with E-state index in [0.29, 0.717) is 15.9 Å². The zero-order chi connectivity index (χ0) is 13.1. The molecule has 2 N–H and O–H groups in total. The molecular weight excluding hydrogens is 289 g/mol. The Hall–Kier alpha value is -1.36. The largest absolute Gasteiger partial charge is 0.376 e. The summed E-state index contributed by atoms with van der Waals surface area (Å²) < 4.78 is 0. The van der Waals surface area contributed by atoms with E-state index < -0.39 is 0 Å². The van der Waals surface area contributed by atoms with Crippen molar-refractivity contribution in [2.45, 2.75) is 0 Å². The van der Waals surface area contributed by atoms with Gasteiger partial charge in [0.05, 0.1) is 5.69 Å². The molecule has 0 aliphatic rings. The van der Waals surface area contributed by atoms with Crippen molar-refractivity contribution in [3.63, 3.8) is 0 Å². The van der Waals surface area contributed by atoms with Gasteiger partial charge in [-0.3, -0.25) is 4.90 Å². The van der Waals surface area contributed by atoms with Gasteiger partial charge in [0, 0.05) is 16.9 Å². The Labute approximate surface area is 120 Å². The van der Waals surface area contributed by atoms with Crippen molar-refractivity contribution in [1.29, 1.82) is 0 Å². The first-order valence-corrected chi connectivity index (χ1v) is 6.21. The molecule has 18 heavy (non-hydrogen) atoms. The topological polar surface area (TPSA) is 42.1 Å². The summed E-state index contributed by atoms with van der Waals surface area (Å²) in [6.45, 7) is 0. The van der Waals surface area contributed by atoms with Crippen LogP contribution in [0.4, 0.5) is 11.4 Å². The van der Waals surface area contributed by atoms with Crippen molar-refractivity contribution in [1.82, 2.24) is 4.98 Å². The molecule has 0 amide bonds. The monoisotopic (exact) mass is 297 g/mol. The van der Waals surface area contributed by atoms with Crippen LogP contribution in [0.15, 0.2) is 42.6 Å². The van der Waals surface area contributed by atoms with Gasteiger partial charge in [0.15, 0.2) is 10.3 Å². The molecule has 0 saturated carbocycles. The number of rotatable bonds is 2. The van der Waals surface area contributed by atoms with Crippen LogP contribution in [0.2, 0.25) is 10.2 Å². The number of hydrogen-bond acceptors (Lipinski definition) is 2. The van der Waals surface area contributed by atoms with Crippen LogP contribution >= 0.6 is 35.4 Å². The third-order valence-corrected chi connectivity index (χ3v) is 2.98. The summed E-state index contributed by atoms with van der Waals surface area (Å²) in [5.41, 5.74) is 7.11. The Balaban J connectivity index is 2.54. The Kier molecular flexibility index (Phi) is 4.01. The van der Waals surface area contributed by atoms with Crippen LogP contribution in [0.5, 0.6) is 0 Å². The number of nitrogens with two attached hydrogens (primary N) is 1. The highest BCUT2D eigenvalue weighted by Crippen LogP contribution is 2.31. The minimum atomic E-state index is 0.173. The standard InChI is InChI=1S/C12H9Cl2N3S/c13-8-3-1-4-9(7-8)17(12(15)18)10-5-2-6-16-11(10)14/h1-7H,(H2,15,18). The highest BCUT2D eigenvalue weighted by atomic mass is 35.5. The number of aromatic nitrogens is 1. The molecule has 2 rings (SSSR count). The van der Waals surface area contributed by atoms with E-state index in [2.05, 4.69) is 4.98 Å². The lowest BCUT2D eigenvalue weighted by atomic mass is 10.2. The predicted molar refractivity (Wildman–Crippen MR) is 79.6 cm³/mol. The maximum atomic E-state index is 6.05. The van der Waals surface area contributed by atoms with Crippen molar-refractivity contribution in [3.8, 4) is 0 Å². The molecule has 92 valence electrons. The Morgan fingerprint density at radius 3 is 2.61 bits per heavy atom. The molecule has 0 spiro atoms. The molecule has 3 nitrogen and oxygen atoms in total. The quantitative estimate of drug-likeness (QED) is 0.677. The van der Waals surface area contributed by atoms with Gasteiger partial charge in [0.25, 0.3) is 0 Å². The number of benzene rings is 1. The van der Waals surface area contributed by atoms with Crippen LogP contribution in [0.3, 0.4) is 0 Å². The van der Waals surface area contributed by atoms with Gasteiger partial charge in [-0.05, 0) is 42.5 Å². The normalized spacial score (nSPS) is 10.1. The smallest absolute Gasteiger partial charge is 0.175 e. The van der Waals surface area contributed by atoms with Crippen molar-refractivity contribution in [2.24, 2.45) is 5.73 Å². The molecule has 0 saturated heterocycles. The average Bonchev–Trinajstić information content (AvgIpc) is 2.32. The summed E-state index contributed by atoms with van der Waals surface area (Å²) in [4.78, 5) is 5.63. The number of hydrogen-bond donors (Lipinski definition) is 1. The highest BCUT2D eigenvalue weighted by molar-refractivity contribution is 7.80. The van der Waals surface area contributed by atoms with Crippen LogP contribution in [0.1, 0.15) is 0 Å². The third kappa shape index (κ3) is 2.72. The predicted octanol–water partition coefficient (Wildman–Crippen LogP) is 3.77. The molecule has 0 aliphatic carbocycles. The first kappa shape index (κ1) is 13.1. The number of halogens is 2. The second-order valence-electron chi connectivity index (χ2n) is 3.47. The number of thiocarbonyl (C=S) groups is 1. The Morgan fingerprint density at radius 2 is 2.00 bits per heavy atom. The summed E-state index contributed by atoms with van der Waals surface area (Å²) in [5.74, 6) is 0. The van der Waals surface area contributed by atoms with Gasteiger partial charge in [0.2, 0.25) is 0 Å². The maximum absolute atomic E-state index is 6.05. The maximum Gasteiger partial charge on any atom is 0.175 e. The van der Waals surface area contributed by atoms with Gasteiger partial charge < -0.3 is 5.73 Å². The van der Waals surface area contributed by atoms with E-state index in [-0.39, 0.29) is 5.11 Å². The number of nitrogens with zero attached hydrogens (tertiary/aromatic N) is 2. The molecule has 0 unspecified atom stereocenters. The molecule has 6 heteroatoms. The van der Waals surface area contributed by atoms with Gasteiger partial charge in [-0.15, -0.1) is 0 Å². The zero-order valence-electron chi connectivity index (χ0n) is 9.18. The second kappa shape index (κ2) is 5.52. The van der Waals surface area contributed by atoms with Crippen molar-refractivity contribution in [2.75, 3.05) is 4.90 Å². The molecule has 0 bridgehead atoms. The summed E-state index contributed by atoms with van der Waals surface area (Å²) >= 11 is 17.1. The van der Waals surface area contributed by atoms with Crippen molar-refractivity contribution in [3.05, 3.63) is 52.8 Å². The summed E-state index contributed by atoms with van der Waals surface area (Å²) in [7, 11) is 0. The van der Waals surface area contributed by atoms with Crippen molar-refractivity contribution >= 4 is 51.9 Å². The fraction of sp³-hybridized carbons (Fsp3) is 0. The van der Waals surface area contributed by atoms with E-state index in [9.17, 15) is 0 Å². The van der Waals surface area contributed by atoms with E-state index in [1.807, 2.05) is 12.1 Å². The molecule has 0 radical (unpaired) electrons. The van der Waals surface area contributed by atoms with E-state index in [4.69, 9.17) is 41.2 Å². The van der Waals surface area contributed by atoms with E-state index in [1.165, 1.54) is 0 Å². The average molecular weight is 298 g/mol. The SMILES string of the molecule is NC(=S)N(c1cccc(Cl)c1)c1cccnc1Cl. The molecule has 0 fully saturated rings. The fourth-order valence-corrected chi connectivity index (χ4v) is 2.14. The first-order chi connectivity index (χ1) is 8.59. The second-order valence-corrected chi connectivity index (χ2v) is 4.68. The van der Waals surface area contributed by atoms with Crippen molar-refractivity contribution < 1.29 is 0 Å². The lowest BCUT2D eigenvalue weighted by Crippen LogP contribution is -2.31. The first-order valence-electron chi connectivity index (χ1n) is 5.05. The van der Waals surface area contributed by atoms with Crippen LogP contribution < -0.4 is 10.6 Å². The van der Waals surface area contributed by atoms with E-state index >= 15 is 0 Å². The fourth-order valence-electron chi connectivity index (χ4n) is 1.54. The summed E-state index contributed by atoms with van der Waals surface area (Å²) in [5, 5.41) is 1.09. The minimum Gasteiger partial charge on any atom is -0.376 e. The molecule has 1 aromatic carbocycles. The lowest BCUT2D eigenvalue weighted by Gasteiger charge is -2.23. The molecule has 0 aliphatic heterocycles. The van der Waals surface area contributed by atoms with Crippen LogP contribution in [0.25, 0.3) is 0 Å². The Morgan fingerprint density at radius 1 is 1.22 bits per heavy atom. The zero-order valence-corrected chi connectivity index (χ0v) is 11.5. The molecular formula is C12H9Cl2N3S. The van der Waals surface area contributed by atoms with E-state index in [0.717, 1.165) is 5.69 Å². The van der Waals surface area contributed by atoms with Gasteiger partial charge in [-0.1, -0.05) is 29.3 Å². The van der Waals surface area contributed by atoms with E-state index in [1.54, 1.807) is 35.4 Å². The molecule has 1 heterocycles. The lowest BCUT2D eigenvalue weighted by molar-refractivity contribution is 1.26. The summed E-state index contributed by atoms with van der Waals surface area (Å²) in [6, 6.07) is 10.7. The number of anilines is 2. The van der Waals surface area contributed by atoms with Gasteiger partial charge in [0.1, 0.15) is 0 Å². The van der Waals surface area contributed by atoms with Gasteiger partial charge >= 0.3 is 0 Å². The van der Waals surface area contributed by atoms with Crippen LogP contribution in [0, 0.1) is 0 Å². The molecule has 0 atom stereocenters. The summed E-state index contributed by atoms with van der Waals surface area (Å²) in [6.07, 6.45) is 1.60. The molecule has 1 aromatic heterocycles. The van der Waals surface area contributed by atoms with Crippen LogP contribution in [-0.2, 0) is 0 Å². The van der Waals surface area contributed by atoms with Gasteiger partial charge in [-0.25, -0.2) is 4.98 Å². The van der Waals surface area contributed by atoms with Gasteiger partial charge in [-0.2, -0.15) is 0 Å². The minimum absolute atomic E-state index is 0.173. The highest BCUT2D eigenvalue weighted by Gasteiger charge is 2.15. The Bertz CT molecular complexity index is 589. The van der Waals surface area contributed by atoms with Crippen LogP contribution in [-0.4, -0.2) is 10.1 Å². The molecule has 2 aromatic rings. The third-order valence-electron chi connectivity index (χ3n) is 2.27. The number of pyridine rings is 1.